The molecule has 38 heavy (non-hydrogen) atoms. The van der Waals surface area contributed by atoms with Crippen molar-refractivity contribution < 1.29 is 29.7 Å². The van der Waals surface area contributed by atoms with Gasteiger partial charge in [0.2, 0.25) is 0 Å². The zero-order chi connectivity index (χ0) is 27.8. The Morgan fingerprint density at radius 3 is 2.11 bits per heavy atom. The number of aromatic nitrogens is 4. The van der Waals surface area contributed by atoms with Crippen LogP contribution in [0.3, 0.4) is 0 Å². The number of carbonyl (C=O) groups is 3. The molecule has 4 rings (SSSR count). The van der Waals surface area contributed by atoms with Crippen LogP contribution < -0.4 is 5.56 Å². The molecule has 13 nitrogen and oxygen atoms in total. The molecule has 0 aliphatic carbocycles. The predicted molar refractivity (Wildman–Crippen MR) is 135 cm³/mol. The smallest absolute Gasteiger partial charge is 0.335 e. The van der Waals surface area contributed by atoms with E-state index in [1.54, 1.807) is 12.1 Å². The highest BCUT2D eigenvalue weighted by molar-refractivity contribution is 7.18. The Labute approximate surface area is 217 Å². The van der Waals surface area contributed by atoms with Crippen LogP contribution in [0, 0.1) is 0 Å². The first-order chi connectivity index (χ1) is 17.8. The maximum Gasteiger partial charge on any atom is 0.335 e. The minimum Gasteiger partial charge on any atom is -0.478 e. The van der Waals surface area contributed by atoms with Gasteiger partial charge in [0.05, 0.1) is 28.1 Å². The Bertz CT molecular complexity index is 1640. The Hall–Kier alpha value is -4.98. The lowest BCUT2D eigenvalue weighted by atomic mass is 9.91. The van der Waals surface area contributed by atoms with Crippen LogP contribution in [0.15, 0.2) is 57.5 Å². The van der Waals surface area contributed by atoms with Crippen LogP contribution >= 0.6 is 11.3 Å². The van der Waals surface area contributed by atoms with Gasteiger partial charge >= 0.3 is 17.9 Å². The molecule has 0 saturated carbocycles. The summed E-state index contributed by atoms with van der Waals surface area (Å²) in [4.78, 5) is 47.6. The van der Waals surface area contributed by atoms with E-state index in [-0.39, 0.29) is 33.2 Å². The van der Waals surface area contributed by atoms with Crippen LogP contribution in [0.2, 0.25) is 0 Å². The molecule has 0 atom stereocenters. The van der Waals surface area contributed by atoms with Gasteiger partial charge in [0.25, 0.3) is 10.7 Å². The largest absolute Gasteiger partial charge is 0.478 e. The van der Waals surface area contributed by atoms with Gasteiger partial charge in [-0.25, -0.2) is 19.1 Å². The van der Waals surface area contributed by atoms with Gasteiger partial charge in [-0.1, -0.05) is 44.2 Å². The first-order valence-electron chi connectivity index (χ1n) is 10.9. The quantitative estimate of drug-likeness (QED) is 0.245. The second kappa shape index (κ2) is 9.82. The summed E-state index contributed by atoms with van der Waals surface area (Å²) in [5, 5.41) is 47.5. The Balaban J connectivity index is 1.77. The van der Waals surface area contributed by atoms with Gasteiger partial charge in [-0.05, 0) is 30.3 Å². The molecule has 4 N–H and O–H groups in total. The molecule has 194 valence electrons. The second-order valence-corrected chi connectivity index (χ2v) is 10.0. The zero-order valence-corrected chi connectivity index (χ0v) is 21.0. The molecule has 0 spiro atoms. The third-order valence-electron chi connectivity index (χ3n) is 5.29. The summed E-state index contributed by atoms with van der Waals surface area (Å²) in [7, 11) is 0. The summed E-state index contributed by atoms with van der Waals surface area (Å²) in [6.07, 6.45) is 0. The molecule has 0 fully saturated rings. The van der Waals surface area contributed by atoms with Gasteiger partial charge < -0.3 is 15.3 Å². The van der Waals surface area contributed by atoms with E-state index in [9.17, 15) is 34.5 Å². The molecule has 0 aliphatic rings. The molecule has 2 aromatic heterocycles. The molecular formula is C24H20N6O7S. The van der Waals surface area contributed by atoms with Crippen LogP contribution in [0.5, 0.6) is 0 Å². The van der Waals surface area contributed by atoms with Crippen molar-refractivity contribution in [3.05, 3.63) is 75.2 Å². The van der Waals surface area contributed by atoms with Crippen LogP contribution in [0.25, 0.3) is 16.3 Å². The number of benzene rings is 2. The number of nitrogens with zero attached hydrogens (tertiary/aromatic N) is 5. The highest BCUT2D eigenvalue weighted by Crippen LogP contribution is 2.32. The maximum atomic E-state index is 13.3. The molecule has 0 aliphatic heterocycles. The summed E-state index contributed by atoms with van der Waals surface area (Å²) in [6, 6.07) is 9.48. The number of aromatic carboxylic acids is 3. The topological polar surface area (TPSA) is 200 Å². The maximum absolute atomic E-state index is 13.3. The minimum atomic E-state index is -1.36. The Kier molecular flexibility index (Phi) is 6.74. The van der Waals surface area contributed by atoms with E-state index in [2.05, 4.69) is 25.5 Å². The first kappa shape index (κ1) is 26.1. The lowest BCUT2D eigenvalue weighted by Gasteiger charge is -2.16. The molecule has 0 unspecified atom stereocenters. The predicted octanol–water partition coefficient (Wildman–Crippen LogP) is 4.49. The number of azo groups is 1. The summed E-state index contributed by atoms with van der Waals surface area (Å²) >= 11 is 1.03. The fraction of sp³-hybridized carbons (Fsp3) is 0.167. The van der Waals surface area contributed by atoms with E-state index in [0.717, 1.165) is 22.1 Å². The van der Waals surface area contributed by atoms with Gasteiger partial charge in [-0.3, -0.25) is 9.89 Å². The number of H-pyrrole nitrogens is 1. The highest BCUT2D eigenvalue weighted by atomic mass is 32.1. The van der Waals surface area contributed by atoms with E-state index in [1.807, 2.05) is 20.8 Å². The number of hydrogen-bond donors (Lipinski definition) is 4. The summed E-state index contributed by atoms with van der Waals surface area (Å²) in [5.41, 5.74) is -1.06. The van der Waals surface area contributed by atoms with Crippen molar-refractivity contribution in [2.45, 2.75) is 26.2 Å². The Morgan fingerprint density at radius 1 is 0.895 bits per heavy atom. The van der Waals surface area contributed by atoms with Gasteiger partial charge in [0.15, 0.2) is 5.69 Å². The first-order valence-corrected chi connectivity index (χ1v) is 11.7. The van der Waals surface area contributed by atoms with E-state index < -0.39 is 28.9 Å². The van der Waals surface area contributed by atoms with Gasteiger partial charge in [0, 0.05) is 11.0 Å². The summed E-state index contributed by atoms with van der Waals surface area (Å²) in [6.45, 7) is 5.45. The van der Waals surface area contributed by atoms with Crippen molar-refractivity contribution in [2.75, 3.05) is 0 Å². The fourth-order valence-corrected chi connectivity index (χ4v) is 4.13. The van der Waals surface area contributed by atoms with Crippen LogP contribution in [-0.4, -0.2) is 53.2 Å². The lowest BCUT2D eigenvalue weighted by Crippen LogP contribution is -2.16. The molecule has 0 amide bonds. The van der Waals surface area contributed by atoms with Crippen LogP contribution in [0.1, 0.15) is 57.5 Å². The average Bonchev–Trinajstić information content (AvgIpc) is 3.47. The lowest BCUT2D eigenvalue weighted by molar-refractivity contribution is 0.0682. The van der Waals surface area contributed by atoms with Crippen molar-refractivity contribution in [3.63, 3.8) is 0 Å². The third-order valence-corrected chi connectivity index (χ3v) is 6.15. The number of rotatable bonds is 7. The molecular weight excluding hydrogens is 516 g/mol. The Morgan fingerprint density at radius 2 is 1.53 bits per heavy atom. The molecule has 0 bridgehead atoms. The van der Waals surface area contributed by atoms with E-state index in [1.165, 1.54) is 24.3 Å². The van der Waals surface area contributed by atoms with Gasteiger partial charge in [0.1, 0.15) is 5.01 Å². The summed E-state index contributed by atoms with van der Waals surface area (Å²) < 4.78 is 1.01. The number of hydrogen-bond acceptors (Lipinski definition) is 9. The molecule has 14 heteroatoms. The third kappa shape index (κ3) is 5.24. The highest BCUT2D eigenvalue weighted by Gasteiger charge is 2.26. The van der Waals surface area contributed by atoms with Gasteiger partial charge in [-0.15, -0.1) is 20.4 Å². The number of aromatic amines is 1. The van der Waals surface area contributed by atoms with Crippen molar-refractivity contribution in [1.29, 1.82) is 0 Å². The number of carboxylic acids is 3. The normalized spacial score (nSPS) is 11.7. The average molecular weight is 537 g/mol. The monoisotopic (exact) mass is 536 g/mol. The molecule has 2 aromatic carbocycles. The van der Waals surface area contributed by atoms with Crippen molar-refractivity contribution in [2.24, 2.45) is 10.2 Å². The molecule has 0 saturated heterocycles. The second-order valence-electron chi connectivity index (χ2n) is 9.08. The zero-order valence-electron chi connectivity index (χ0n) is 20.2. The van der Waals surface area contributed by atoms with E-state index in [0.29, 0.717) is 16.3 Å². The number of carboxylic acid groups (broad SMARTS) is 3. The SMILES string of the molecule is CC(C)(C)c1[nH]n(-c2cc(C(=O)O)cc(C(=O)O)c2)c(=O)c1N=Nc1nnc(-c2cccc(C(=O)O)c2)s1. The molecule has 0 radical (unpaired) electrons. The fourth-order valence-electron chi connectivity index (χ4n) is 3.46. The van der Waals surface area contributed by atoms with Crippen molar-refractivity contribution >= 4 is 40.1 Å². The van der Waals surface area contributed by atoms with Gasteiger partial charge in [-0.2, -0.15) is 0 Å². The molecule has 2 heterocycles. The van der Waals surface area contributed by atoms with Crippen LogP contribution in [-0.2, 0) is 5.41 Å². The van der Waals surface area contributed by atoms with E-state index >= 15 is 0 Å². The molecule has 4 aromatic rings. The number of nitrogens with one attached hydrogen (secondary N) is 1. The van der Waals surface area contributed by atoms with E-state index in [4.69, 9.17) is 0 Å². The minimum absolute atomic E-state index is 0.00392. The van der Waals surface area contributed by atoms with Crippen molar-refractivity contribution in [1.82, 2.24) is 20.0 Å². The summed E-state index contributed by atoms with van der Waals surface area (Å²) in [5.74, 6) is -3.80. The van der Waals surface area contributed by atoms with Crippen LogP contribution in [0.4, 0.5) is 10.8 Å². The standard InChI is InChI=1S/C24H20N6O7S/c1-24(2,3)17-16(19(31)30(29-17)15-9-13(21(34)35)8-14(10-15)22(36)37)25-27-23-28-26-18(38-23)11-5-4-6-12(7-11)20(32)33/h4-10,29H,1-3H3,(H,32,33)(H,34,35)(H,36,37). The van der Waals surface area contributed by atoms with Crippen molar-refractivity contribution in [3.8, 4) is 16.3 Å².